The summed E-state index contributed by atoms with van der Waals surface area (Å²) in [7, 11) is 0. The van der Waals surface area contributed by atoms with Gasteiger partial charge in [-0.2, -0.15) is 0 Å². The van der Waals surface area contributed by atoms with E-state index in [0.717, 1.165) is 19.4 Å². The second-order valence-electron chi connectivity index (χ2n) is 5.97. The average Bonchev–Trinajstić information content (AvgIpc) is 2.32. The van der Waals surface area contributed by atoms with Crippen LogP contribution < -0.4 is 16.4 Å². The standard InChI is InChI=1S/C14H25N5O/c1-5-6-7-19(9-11(16)20)12-8-10(15)17-13(18-12)14(2,3)4/h8H,5-7,9H2,1-4H3,(H2,16,20)(H2,15,17,18). The van der Waals surface area contributed by atoms with Gasteiger partial charge in [-0.3, -0.25) is 4.79 Å². The van der Waals surface area contributed by atoms with E-state index in [9.17, 15) is 4.79 Å². The molecule has 0 fully saturated rings. The summed E-state index contributed by atoms with van der Waals surface area (Å²) in [4.78, 5) is 21.9. The number of hydrogen-bond acceptors (Lipinski definition) is 5. The van der Waals surface area contributed by atoms with Crippen molar-refractivity contribution in [1.82, 2.24) is 9.97 Å². The molecule has 6 nitrogen and oxygen atoms in total. The van der Waals surface area contributed by atoms with Crippen LogP contribution in [0.4, 0.5) is 11.6 Å². The zero-order chi connectivity index (χ0) is 15.3. The number of unbranched alkanes of at least 4 members (excludes halogenated alkanes) is 1. The SMILES string of the molecule is CCCCN(CC(N)=O)c1cc(N)nc(C(C)(C)C)n1. The second kappa shape index (κ2) is 6.54. The zero-order valence-electron chi connectivity index (χ0n) is 12.8. The quantitative estimate of drug-likeness (QED) is 0.821. The van der Waals surface area contributed by atoms with Gasteiger partial charge in [-0.25, -0.2) is 9.97 Å². The Bertz CT molecular complexity index is 467. The minimum atomic E-state index is -0.379. The van der Waals surface area contributed by atoms with Gasteiger partial charge in [-0.1, -0.05) is 34.1 Å². The molecule has 1 aromatic heterocycles. The number of primary amides is 1. The fraction of sp³-hybridized carbons (Fsp3) is 0.643. The van der Waals surface area contributed by atoms with Crippen molar-refractivity contribution in [1.29, 1.82) is 0 Å². The predicted molar refractivity (Wildman–Crippen MR) is 81.5 cm³/mol. The van der Waals surface area contributed by atoms with E-state index in [4.69, 9.17) is 11.5 Å². The van der Waals surface area contributed by atoms with Crippen LogP contribution in [-0.2, 0) is 10.2 Å². The first-order chi connectivity index (χ1) is 9.24. The maximum Gasteiger partial charge on any atom is 0.236 e. The van der Waals surface area contributed by atoms with Crippen molar-refractivity contribution in [2.45, 2.75) is 46.0 Å². The Kier molecular flexibility index (Phi) is 5.30. The summed E-state index contributed by atoms with van der Waals surface area (Å²) >= 11 is 0. The van der Waals surface area contributed by atoms with E-state index < -0.39 is 0 Å². The molecule has 0 saturated heterocycles. The molecular weight excluding hydrogens is 254 g/mol. The van der Waals surface area contributed by atoms with Crippen molar-refractivity contribution in [3.05, 3.63) is 11.9 Å². The molecular formula is C14H25N5O. The monoisotopic (exact) mass is 279 g/mol. The fourth-order valence-electron chi connectivity index (χ4n) is 1.76. The summed E-state index contributed by atoms with van der Waals surface area (Å²) in [5.41, 5.74) is 11.0. The van der Waals surface area contributed by atoms with E-state index >= 15 is 0 Å². The molecule has 0 unspecified atom stereocenters. The van der Waals surface area contributed by atoms with Crippen LogP contribution in [0.5, 0.6) is 0 Å². The highest BCUT2D eigenvalue weighted by molar-refractivity contribution is 5.79. The Balaban J connectivity index is 3.11. The lowest BCUT2D eigenvalue weighted by atomic mass is 9.96. The number of hydrogen-bond donors (Lipinski definition) is 2. The number of nitrogens with zero attached hydrogens (tertiary/aromatic N) is 3. The third-order valence-corrected chi connectivity index (χ3v) is 2.86. The van der Waals surface area contributed by atoms with Crippen molar-refractivity contribution >= 4 is 17.5 Å². The van der Waals surface area contributed by atoms with E-state index in [2.05, 4.69) is 16.9 Å². The van der Waals surface area contributed by atoms with Crippen molar-refractivity contribution in [2.75, 3.05) is 23.7 Å². The van der Waals surface area contributed by atoms with Gasteiger partial charge in [0.2, 0.25) is 5.91 Å². The van der Waals surface area contributed by atoms with Gasteiger partial charge in [0.25, 0.3) is 0 Å². The van der Waals surface area contributed by atoms with Gasteiger partial charge in [0, 0.05) is 18.0 Å². The minimum Gasteiger partial charge on any atom is -0.384 e. The molecule has 6 heteroatoms. The maximum atomic E-state index is 11.2. The first-order valence-corrected chi connectivity index (χ1v) is 6.92. The van der Waals surface area contributed by atoms with Crippen LogP contribution in [0.15, 0.2) is 6.07 Å². The number of anilines is 2. The van der Waals surface area contributed by atoms with Crippen LogP contribution in [0.25, 0.3) is 0 Å². The van der Waals surface area contributed by atoms with Crippen molar-refractivity contribution in [3.63, 3.8) is 0 Å². The Morgan fingerprint density at radius 3 is 2.50 bits per heavy atom. The Morgan fingerprint density at radius 2 is 2.00 bits per heavy atom. The first kappa shape index (κ1) is 16.2. The van der Waals surface area contributed by atoms with Gasteiger partial charge < -0.3 is 16.4 Å². The van der Waals surface area contributed by atoms with E-state index in [1.807, 2.05) is 25.7 Å². The summed E-state index contributed by atoms with van der Waals surface area (Å²) in [6.45, 7) is 9.03. The number of nitrogens with two attached hydrogens (primary N) is 2. The Labute approximate surface area is 120 Å². The van der Waals surface area contributed by atoms with E-state index in [1.54, 1.807) is 6.07 Å². The molecule has 0 spiro atoms. The topological polar surface area (TPSA) is 98.1 Å². The van der Waals surface area contributed by atoms with Gasteiger partial charge in [0.1, 0.15) is 17.5 Å². The van der Waals surface area contributed by atoms with Gasteiger partial charge >= 0.3 is 0 Å². The van der Waals surface area contributed by atoms with Gasteiger partial charge in [0.15, 0.2) is 0 Å². The number of amides is 1. The number of carbonyl (C=O) groups is 1. The number of aromatic nitrogens is 2. The normalized spacial score (nSPS) is 11.4. The summed E-state index contributed by atoms with van der Waals surface area (Å²) in [5, 5.41) is 0. The molecule has 0 atom stereocenters. The lowest BCUT2D eigenvalue weighted by Crippen LogP contribution is -2.35. The number of carbonyl (C=O) groups excluding carboxylic acids is 1. The molecule has 0 bridgehead atoms. The summed E-state index contributed by atoms with van der Waals surface area (Å²) in [5.74, 6) is 1.36. The van der Waals surface area contributed by atoms with E-state index in [0.29, 0.717) is 17.5 Å². The van der Waals surface area contributed by atoms with Crippen LogP contribution >= 0.6 is 0 Å². The Hall–Kier alpha value is -1.85. The predicted octanol–water partition coefficient (Wildman–Crippen LogP) is 1.45. The van der Waals surface area contributed by atoms with Gasteiger partial charge in [0.05, 0.1) is 6.54 Å². The molecule has 0 aliphatic heterocycles. The molecule has 0 saturated carbocycles. The van der Waals surface area contributed by atoms with Gasteiger partial charge in [-0.05, 0) is 6.42 Å². The van der Waals surface area contributed by atoms with Crippen molar-refractivity contribution < 1.29 is 4.79 Å². The molecule has 0 aliphatic carbocycles. The van der Waals surface area contributed by atoms with Crippen LogP contribution in [0.2, 0.25) is 0 Å². The van der Waals surface area contributed by atoms with E-state index in [-0.39, 0.29) is 17.9 Å². The molecule has 0 aliphatic rings. The number of rotatable bonds is 6. The molecule has 0 aromatic carbocycles. The first-order valence-electron chi connectivity index (χ1n) is 6.92. The number of nitrogen functional groups attached to an aromatic ring is 1. The highest BCUT2D eigenvalue weighted by atomic mass is 16.1. The second-order valence-corrected chi connectivity index (χ2v) is 5.97. The van der Waals surface area contributed by atoms with Gasteiger partial charge in [-0.15, -0.1) is 0 Å². The summed E-state index contributed by atoms with van der Waals surface area (Å²) < 4.78 is 0. The minimum absolute atomic E-state index is 0.139. The molecule has 20 heavy (non-hydrogen) atoms. The summed E-state index contributed by atoms with van der Waals surface area (Å²) in [6.07, 6.45) is 1.99. The lowest BCUT2D eigenvalue weighted by molar-refractivity contribution is -0.116. The third kappa shape index (κ3) is 4.68. The molecule has 0 radical (unpaired) electrons. The van der Waals surface area contributed by atoms with Crippen LogP contribution in [0.3, 0.4) is 0 Å². The van der Waals surface area contributed by atoms with E-state index in [1.165, 1.54) is 0 Å². The zero-order valence-corrected chi connectivity index (χ0v) is 12.8. The highest BCUT2D eigenvalue weighted by Crippen LogP contribution is 2.23. The maximum absolute atomic E-state index is 11.2. The van der Waals surface area contributed by atoms with Crippen molar-refractivity contribution in [3.8, 4) is 0 Å². The third-order valence-electron chi connectivity index (χ3n) is 2.86. The van der Waals surface area contributed by atoms with Crippen LogP contribution in [0, 0.1) is 0 Å². The van der Waals surface area contributed by atoms with Crippen LogP contribution in [-0.4, -0.2) is 29.0 Å². The molecule has 1 aromatic rings. The molecule has 112 valence electrons. The smallest absolute Gasteiger partial charge is 0.236 e. The average molecular weight is 279 g/mol. The van der Waals surface area contributed by atoms with Crippen LogP contribution in [0.1, 0.15) is 46.4 Å². The Morgan fingerprint density at radius 1 is 1.35 bits per heavy atom. The lowest BCUT2D eigenvalue weighted by Gasteiger charge is -2.25. The fourth-order valence-corrected chi connectivity index (χ4v) is 1.76. The largest absolute Gasteiger partial charge is 0.384 e. The van der Waals surface area contributed by atoms with Crippen molar-refractivity contribution in [2.24, 2.45) is 5.73 Å². The molecule has 1 amide bonds. The summed E-state index contributed by atoms with van der Waals surface area (Å²) in [6, 6.07) is 1.69. The molecule has 1 rings (SSSR count). The molecule has 1 heterocycles. The highest BCUT2D eigenvalue weighted by Gasteiger charge is 2.20. The molecule has 4 N–H and O–H groups in total.